The molecule has 0 spiro atoms. The van der Waals surface area contributed by atoms with Crippen molar-refractivity contribution in [3.05, 3.63) is 0 Å². The van der Waals surface area contributed by atoms with E-state index in [-0.39, 0.29) is 0 Å². The lowest BCUT2D eigenvalue weighted by atomic mass is 9.73. The van der Waals surface area contributed by atoms with Crippen molar-refractivity contribution in [3.63, 3.8) is 0 Å². The first-order valence-corrected chi connectivity index (χ1v) is 8.74. The molecule has 0 aromatic rings. The molecule has 1 N–H and O–H groups in total. The molecule has 112 valence electrons. The van der Waals surface area contributed by atoms with Crippen LogP contribution < -0.4 is 5.32 Å². The fraction of sp³-hybridized carbons (Fsp3) is 1.00. The third-order valence-electron chi connectivity index (χ3n) is 5.06. The molecule has 2 heteroatoms. The van der Waals surface area contributed by atoms with E-state index in [9.17, 15) is 0 Å². The van der Waals surface area contributed by atoms with Gasteiger partial charge in [-0.3, -0.25) is 4.90 Å². The molecule has 0 saturated heterocycles. The van der Waals surface area contributed by atoms with Crippen LogP contribution in [-0.2, 0) is 0 Å². The van der Waals surface area contributed by atoms with E-state index in [1.54, 1.807) is 0 Å². The Labute approximate surface area is 120 Å². The fourth-order valence-electron chi connectivity index (χ4n) is 3.71. The molecule has 0 aromatic heterocycles. The van der Waals surface area contributed by atoms with Crippen LogP contribution in [-0.4, -0.2) is 37.1 Å². The molecule has 0 atom stereocenters. The molecule has 0 heterocycles. The first-order valence-electron chi connectivity index (χ1n) is 8.74. The van der Waals surface area contributed by atoms with E-state index in [0.717, 1.165) is 12.6 Å². The Bertz CT molecular complexity index is 242. The molecule has 0 aliphatic heterocycles. The third kappa shape index (κ3) is 4.75. The summed E-state index contributed by atoms with van der Waals surface area (Å²) in [4.78, 5) is 2.84. The summed E-state index contributed by atoms with van der Waals surface area (Å²) in [5, 5.41) is 3.65. The Morgan fingerprint density at radius 3 is 2.42 bits per heavy atom. The van der Waals surface area contributed by atoms with Crippen molar-refractivity contribution in [3.8, 4) is 0 Å². The molecule has 19 heavy (non-hydrogen) atoms. The predicted molar refractivity (Wildman–Crippen MR) is 83.6 cm³/mol. The first-order chi connectivity index (χ1) is 9.29. The van der Waals surface area contributed by atoms with Gasteiger partial charge in [-0.1, -0.05) is 39.5 Å². The normalized spacial score (nSPS) is 22.9. The van der Waals surface area contributed by atoms with Crippen LogP contribution in [0.3, 0.4) is 0 Å². The minimum atomic E-state index is 0.588. The Balaban J connectivity index is 1.91. The number of hydrogen-bond acceptors (Lipinski definition) is 2. The topological polar surface area (TPSA) is 15.3 Å². The molecule has 0 radical (unpaired) electrons. The van der Waals surface area contributed by atoms with Crippen LogP contribution in [0.1, 0.15) is 71.6 Å². The number of hydrogen-bond donors (Lipinski definition) is 1. The average Bonchev–Trinajstić information content (AvgIpc) is 3.27. The second-order valence-electron chi connectivity index (χ2n) is 6.90. The zero-order valence-corrected chi connectivity index (χ0v) is 13.2. The zero-order chi connectivity index (χ0) is 13.6. The zero-order valence-electron chi connectivity index (χ0n) is 13.2. The van der Waals surface area contributed by atoms with Crippen LogP contribution >= 0.6 is 0 Å². The molecule has 2 nitrogen and oxygen atoms in total. The molecule has 0 unspecified atom stereocenters. The van der Waals surface area contributed by atoms with Crippen LogP contribution in [0.25, 0.3) is 0 Å². The summed E-state index contributed by atoms with van der Waals surface area (Å²) in [6.45, 7) is 9.64. The summed E-state index contributed by atoms with van der Waals surface area (Å²) in [5.74, 6) is 0. The second-order valence-corrected chi connectivity index (χ2v) is 6.90. The molecule has 2 aliphatic carbocycles. The van der Waals surface area contributed by atoms with Crippen LogP contribution in [0.4, 0.5) is 0 Å². The lowest BCUT2D eigenvalue weighted by Crippen LogP contribution is -2.46. The molecule has 2 fully saturated rings. The van der Waals surface area contributed by atoms with Gasteiger partial charge in [0.25, 0.3) is 0 Å². The highest BCUT2D eigenvalue weighted by Crippen LogP contribution is 2.39. The third-order valence-corrected chi connectivity index (χ3v) is 5.06. The van der Waals surface area contributed by atoms with Crippen LogP contribution in [0.2, 0.25) is 0 Å². The van der Waals surface area contributed by atoms with E-state index in [1.165, 1.54) is 77.4 Å². The van der Waals surface area contributed by atoms with Crippen molar-refractivity contribution in [1.82, 2.24) is 10.2 Å². The summed E-state index contributed by atoms with van der Waals surface area (Å²) < 4.78 is 0. The fourth-order valence-corrected chi connectivity index (χ4v) is 3.71. The lowest BCUT2D eigenvalue weighted by Gasteiger charge is -2.41. The lowest BCUT2D eigenvalue weighted by molar-refractivity contribution is 0.0966. The monoisotopic (exact) mass is 266 g/mol. The van der Waals surface area contributed by atoms with Crippen LogP contribution in [0.15, 0.2) is 0 Å². The van der Waals surface area contributed by atoms with Crippen molar-refractivity contribution in [2.75, 3.05) is 26.2 Å². The molecule has 0 amide bonds. The predicted octanol–water partition coefficient (Wildman–Crippen LogP) is 3.81. The highest BCUT2D eigenvalue weighted by molar-refractivity contribution is 4.93. The molecule has 2 aliphatic rings. The maximum atomic E-state index is 3.65. The van der Waals surface area contributed by atoms with Gasteiger partial charge in [-0.15, -0.1) is 0 Å². The van der Waals surface area contributed by atoms with Gasteiger partial charge in [0.2, 0.25) is 0 Å². The highest BCUT2D eigenvalue weighted by atomic mass is 15.2. The number of unbranched alkanes of at least 4 members (excludes halogenated alkanes) is 1. The number of nitrogens with zero attached hydrogens (tertiary/aromatic N) is 1. The van der Waals surface area contributed by atoms with Gasteiger partial charge in [0.15, 0.2) is 0 Å². The van der Waals surface area contributed by atoms with E-state index >= 15 is 0 Å². The Kier molecular flexibility index (Phi) is 6.15. The first kappa shape index (κ1) is 15.3. The van der Waals surface area contributed by atoms with E-state index in [2.05, 4.69) is 24.1 Å². The Morgan fingerprint density at radius 2 is 1.84 bits per heavy atom. The standard InChI is InChI=1S/C17H34N2/c1-3-5-13-19(16-9-10-16)15-17(14-18-4-2)11-7-6-8-12-17/h16,18H,3-15H2,1-2H3. The highest BCUT2D eigenvalue weighted by Gasteiger charge is 2.37. The molecule has 0 bridgehead atoms. The molecule has 2 rings (SSSR count). The minimum Gasteiger partial charge on any atom is -0.316 e. The largest absolute Gasteiger partial charge is 0.316 e. The van der Waals surface area contributed by atoms with Gasteiger partial charge in [-0.2, -0.15) is 0 Å². The van der Waals surface area contributed by atoms with E-state index in [4.69, 9.17) is 0 Å². The molecular formula is C17H34N2. The van der Waals surface area contributed by atoms with Crippen molar-refractivity contribution in [2.45, 2.75) is 77.7 Å². The summed E-state index contributed by atoms with van der Waals surface area (Å²) >= 11 is 0. The number of nitrogens with one attached hydrogen (secondary N) is 1. The van der Waals surface area contributed by atoms with Crippen molar-refractivity contribution in [2.24, 2.45) is 5.41 Å². The average molecular weight is 266 g/mol. The maximum Gasteiger partial charge on any atom is 0.00966 e. The molecule has 2 saturated carbocycles. The van der Waals surface area contributed by atoms with Gasteiger partial charge in [0.1, 0.15) is 0 Å². The summed E-state index contributed by atoms with van der Waals surface area (Å²) in [5.41, 5.74) is 0.588. The quantitative estimate of drug-likeness (QED) is 0.682. The van der Waals surface area contributed by atoms with Crippen molar-refractivity contribution >= 4 is 0 Å². The Morgan fingerprint density at radius 1 is 1.11 bits per heavy atom. The second kappa shape index (κ2) is 7.64. The Hall–Kier alpha value is -0.0800. The molecule has 0 aromatic carbocycles. The van der Waals surface area contributed by atoms with E-state index in [0.29, 0.717) is 5.41 Å². The summed E-state index contributed by atoms with van der Waals surface area (Å²) in [6.07, 6.45) is 12.9. The number of rotatable bonds is 9. The van der Waals surface area contributed by atoms with Gasteiger partial charge in [0.05, 0.1) is 0 Å². The van der Waals surface area contributed by atoms with Gasteiger partial charge in [-0.05, 0) is 50.6 Å². The smallest absolute Gasteiger partial charge is 0.00966 e. The SMILES string of the molecule is CCCCN(CC1(CNCC)CCCCC1)C1CC1. The van der Waals surface area contributed by atoms with E-state index < -0.39 is 0 Å². The van der Waals surface area contributed by atoms with Gasteiger partial charge in [-0.25, -0.2) is 0 Å². The van der Waals surface area contributed by atoms with E-state index in [1.807, 2.05) is 0 Å². The van der Waals surface area contributed by atoms with Crippen LogP contribution in [0, 0.1) is 5.41 Å². The van der Waals surface area contributed by atoms with Crippen molar-refractivity contribution < 1.29 is 0 Å². The molecular weight excluding hydrogens is 232 g/mol. The summed E-state index contributed by atoms with van der Waals surface area (Å²) in [7, 11) is 0. The van der Waals surface area contributed by atoms with Gasteiger partial charge in [0, 0.05) is 19.1 Å². The van der Waals surface area contributed by atoms with Gasteiger partial charge >= 0.3 is 0 Å². The van der Waals surface area contributed by atoms with Gasteiger partial charge < -0.3 is 5.32 Å². The van der Waals surface area contributed by atoms with Crippen molar-refractivity contribution in [1.29, 1.82) is 0 Å². The van der Waals surface area contributed by atoms with Crippen LogP contribution in [0.5, 0.6) is 0 Å². The maximum absolute atomic E-state index is 3.65. The minimum absolute atomic E-state index is 0.588. The summed E-state index contributed by atoms with van der Waals surface area (Å²) in [6, 6.07) is 0.937.